The number of nitrogen functional groups attached to an aromatic ring is 1. The van der Waals surface area contributed by atoms with E-state index in [1.807, 2.05) is 0 Å². The molecule has 1 heterocycles. The molecule has 0 atom stereocenters. The molecule has 18 heavy (non-hydrogen) atoms. The lowest BCUT2D eigenvalue weighted by atomic mass is 10.2. The van der Waals surface area contributed by atoms with Crippen molar-refractivity contribution in [3.05, 3.63) is 39.3 Å². The second kappa shape index (κ2) is 4.46. The van der Waals surface area contributed by atoms with E-state index in [0.29, 0.717) is 23.1 Å². The fraction of sp³-hybridized carbons (Fsp3) is 0.231. The molecule has 1 aromatic heterocycles. The average molecular weight is 355 g/mol. The highest BCUT2D eigenvalue weighted by Crippen LogP contribution is 2.42. The third-order valence-electron chi connectivity index (χ3n) is 2.95. The van der Waals surface area contributed by atoms with Crippen molar-refractivity contribution < 1.29 is 4.39 Å². The van der Waals surface area contributed by atoms with E-state index in [-0.39, 0.29) is 5.82 Å². The largest absolute Gasteiger partial charge is 0.383 e. The quantitative estimate of drug-likeness (QED) is 0.841. The maximum absolute atomic E-state index is 13.2. The highest BCUT2D eigenvalue weighted by molar-refractivity contribution is 14.1. The van der Waals surface area contributed by atoms with Gasteiger partial charge in [0.15, 0.2) is 5.82 Å². The predicted octanol–water partition coefficient (Wildman–Crippen LogP) is 3.35. The number of nitrogens with two attached hydrogens (primary N) is 1. The summed E-state index contributed by atoms with van der Waals surface area (Å²) in [5.41, 5.74) is 7.58. The molecule has 1 fully saturated rings. The number of hydrogen-bond acceptors (Lipinski definition) is 3. The SMILES string of the molecule is Nc1nc(-c2cccc(F)c2)nc(C2CC2)c1I. The van der Waals surface area contributed by atoms with E-state index in [2.05, 4.69) is 32.6 Å². The van der Waals surface area contributed by atoms with E-state index in [1.165, 1.54) is 12.1 Å². The first-order chi connectivity index (χ1) is 8.65. The minimum atomic E-state index is -0.291. The van der Waals surface area contributed by atoms with E-state index in [0.717, 1.165) is 22.1 Å². The lowest BCUT2D eigenvalue weighted by Gasteiger charge is -2.08. The van der Waals surface area contributed by atoms with Crippen LogP contribution in [-0.4, -0.2) is 9.97 Å². The number of hydrogen-bond donors (Lipinski definition) is 1. The van der Waals surface area contributed by atoms with Gasteiger partial charge in [-0.1, -0.05) is 12.1 Å². The van der Waals surface area contributed by atoms with E-state index < -0.39 is 0 Å². The Bertz CT molecular complexity index is 611. The summed E-state index contributed by atoms with van der Waals surface area (Å²) in [6.07, 6.45) is 2.30. The van der Waals surface area contributed by atoms with Crippen LogP contribution in [0.5, 0.6) is 0 Å². The Balaban J connectivity index is 2.12. The molecular formula is C13H11FIN3. The monoisotopic (exact) mass is 355 g/mol. The molecule has 0 amide bonds. The minimum absolute atomic E-state index is 0.291. The summed E-state index contributed by atoms with van der Waals surface area (Å²) in [6, 6.07) is 6.28. The van der Waals surface area contributed by atoms with E-state index in [9.17, 15) is 4.39 Å². The number of halogens is 2. The summed E-state index contributed by atoms with van der Waals surface area (Å²) in [7, 11) is 0. The Kier molecular flexibility index (Phi) is 2.93. The molecule has 3 nitrogen and oxygen atoms in total. The van der Waals surface area contributed by atoms with Crippen LogP contribution in [-0.2, 0) is 0 Å². The van der Waals surface area contributed by atoms with Gasteiger partial charge in [0, 0.05) is 11.5 Å². The van der Waals surface area contributed by atoms with Crippen LogP contribution in [0.2, 0.25) is 0 Å². The molecule has 1 aromatic carbocycles. The zero-order valence-corrected chi connectivity index (χ0v) is 11.7. The van der Waals surface area contributed by atoms with Crippen LogP contribution in [0.15, 0.2) is 24.3 Å². The second-order valence-electron chi connectivity index (χ2n) is 4.42. The second-order valence-corrected chi connectivity index (χ2v) is 5.50. The van der Waals surface area contributed by atoms with Crippen LogP contribution in [0.25, 0.3) is 11.4 Å². The Morgan fingerprint density at radius 2 is 2.06 bits per heavy atom. The molecule has 0 radical (unpaired) electrons. The summed E-state index contributed by atoms with van der Waals surface area (Å²) >= 11 is 2.18. The van der Waals surface area contributed by atoms with Crippen molar-refractivity contribution in [1.29, 1.82) is 0 Å². The molecule has 0 aliphatic heterocycles. The maximum Gasteiger partial charge on any atom is 0.161 e. The molecule has 2 aromatic rings. The Hall–Kier alpha value is -1.24. The van der Waals surface area contributed by atoms with Crippen molar-refractivity contribution in [2.24, 2.45) is 0 Å². The van der Waals surface area contributed by atoms with Crippen LogP contribution in [0.3, 0.4) is 0 Å². The van der Waals surface area contributed by atoms with Gasteiger partial charge in [-0.15, -0.1) is 0 Å². The topological polar surface area (TPSA) is 51.8 Å². The van der Waals surface area contributed by atoms with Crippen molar-refractivity contribution in [3.63, 3.8) is 0 Å². The zero-order valence-electron chi connectivity index (χ0n) is 9.53. The van der Waals surface area contributed by atoms with Gasteiger partial charge in [0.25, 0.3) is 0 Å². The highest BCUT2D eigenvalue weighted by Gasteiger charge is 2.29. The number of nitrogens with zero attached hydrogens (tertiary/aromatic N) is 2. The van der Waals surface area contributed by atoms with E-state index in [4.69, 9.17) is 5.73 Å². The number of aromatic nitrogens is 2. The van der Waals surface area contributed by atoms with Crippen molar-refractivity contribution in [1.82, 2.24) is 9.97 Å². The van der Waals surface area contributed by atoms with E-state index >= 15 is 0 Å². The first-order valence-electron chi connectivity index (χ1n) is 5.74. The molecule has 0 spiro atoms. The number of anilines is 1. The standard InChI is InChI=1S/C13H11FIN3/c14-9-3-1-2-8(6-9)13-17-11(7-4-5-7)10(15)12(16)18-13/h1-3,6-7H,4-5H2,(H2,16,17,18). The van der Waals surface area contributed by atoms with Gasteiger partial charge in [0.1, 0.15) is 11.6 Å². The molecule has 1 aliphatic rings. The van der Waals surface area contributed by atoms with Gasteiger partial charge in [-0.2, -0.15) is 0 Å². The summed E-state index contributed by atoms with van der Waals surface area (Å²) < 4.78 is 14.1. The van der Waals surface area contributed by atoms with E-state index in [1.54, 1.807) is 12.1 Å². The van der Waals surface area contributed by atoms with Crippen LogP contribution in [0.4, 0.5) is 10.2 Å². The predicted molar refractivity (Wildman–Crippen MR) is 76.5 cm³/mol. The summed E-state index contributed by atoms with van der Waals surface area (Å²) in [4.78, 5) is 8.79. The summed E-state index contributed by atoms with van der Waals surface area (Å²) in [6.45, 7) is 0. The van der Waals surface area contributed by atoms with Gasteiger partial charge in [-0.3, -0.25) is 0 Å². The highest BCUT2D eigenvalue weighted by atomic mass is 127. The zero-order chi connectivity index (χ0) is 12.7. The van der Waals surface area contributed by atoms with Gasteiger partial charge in [-0.25, -0.2) is 14.4 Å². The molecule has 0 bridgehead atoms. The molecule has 0 unspecified atom stereocenters. The Morgan fingerprint density at radius 3 is 2.72 bits per heavy atom. The Labute approximate surface area is 118 Å². The molecule has 1 saturated carbocycles. The van der Waals surface area contributed by atoms with Gasteiger partial charge < -0.3 is 5.73 Å². The van der Waals surface area contributed by atoms with Crippen LogP contribution >= 0.6 is 22.6 Å². The maximum atomic E-state index is 13.2. The van der Waals surface area contributed by atoms with Crippen molar-refractivity contribution >= 4 is 28.4 Å². The van der Waals surface area contributed by atoms with Crippen LogP contribution < -0.4 is 5.73 Å². The smallest absolute Gasteiger partial charge is 0.161 e. The third kappa shape index (κ3) is 2.19. The van der Waals surface area contributed by atoms with Crippen LogP contribution in [0, 0.1) is 9.39 Å². The normalized spacial score (nSPS) is 14.8. The number of benzene rings is 1. The van der Waals surface area contributed by atoms with Gasteiger partial charge in [-0.05, 0) is 47.6 Å². The molecular weight excluding hydrogens is 344 g/mol. The number of rotatable bonds is 2. The summed E-state index contributed by atoms with van der Waals surface area (Å²) in [5, 5.41) is 0. The third-order valence-corrected chi connectivity index (χ3v) is 4.05. The van der Waals surface area contributed by atoms with Crippen molar-refractivity contribution in [2.75, 3.05) is 5.73 Å². The van der Waals surface area contributed by atoms with Crippen LogP contribution in [0.1, 0.15) is 24.5 Å². The van der Waals surface area contributed by atoms with Gasteiger partial charge >= 0.3 is 0 Å². The first kappa shape index (κ1) is 11.8. The van der Waals surface area contributed by atoms with Crippen molar-refractivity contribution in [3.8, 4) is 11.4 Å². The Morgan fingerprint density at radius 1 is 1.28 bits per heavy atom. The molecule has 0 saturated heterocycles. The van der Waals surface area contributed by atoms with Crippen molar-refractivity contribution in [2.45, 2.75) is 18.8 Å². The lowest BCUT2D eigenvalue weighted by molar-refractivity contribution is 0.628. The molecule has 2 N–H and O–H groups in total. The molecule has 92 valence electrons. The van der Waals surface area contributed by atoms with Gasteiger partial charge in [0.2, 0.25) is 0 Å². The summed E-state index contributed by atoms with van der Waals surface area (Å²) in [5.74, 6) is 1.19. The average Bonchev–Trinajstić information content (AvgIpc) is 3.16. The van der Waals surface area contributed by atoms with Gasteiger partial charge in [0.05, 0.1) is 9.26 Å². The fourth-order valence-electron chi connectivity index (χ4n) is 1.87. The first-order valence-corrected chi connectivity index (χ1v) is 6.82. The minimum Gasteiger partial charge on any atom is -0.383 e. The molecule has 5 heteroatoms. The fourth-order valence-corrected chi connectivity index (χ4v) is 2.55. The lowest BCUT2D eigenvalue weighted by Crippen LogP contribution is -2.04. The molecule has 1 aliphatic carbocycles. The molecule has 3 rings (SSSR count).